The third-order valence-electron chi connectivity index (χ3n) is 2.80. The smallest absolute Gasteiger partial charge is 0.267 e. The molecule has 1 saturated heterocycles. The zero-order chi connectivity index (χ0) is 13.0. The van der Waals surface area contributed by atoms with Crippen LogP contribution in [0.2, 0.25) is 0 Å². The lowest BCUT2D eigenvalue weighted by Crippen LogP contribution is -2.32. The van der Waals surface area contributed by atoms with Crippen LogP contribution in [0.5, 0.6) is 5.75 Å². The maximum atomic E-state index is 11.4. The molecule has 0 aliphatic carbocycles. The van der Waals surface area contributed by atoms with Crippen molar-refractivity contribution in [3.05, 3.63) is 36.4 Å². The van der Waals surface area contributed by atoms with E-state index in [0.717, 1.165) is 30.9 Å². The van der Waals surface area contributed by atoms with Gasteiger partial charge >= 0.3 is 0 Å². The Morgan fingerprint density at radius 3 is 3.00 bits per heavy atom. The predicted molar refractivity (Wildman–Crippen MR) is 71.5 cm³/mol. The molecule has 2 rings (SSSR count). The van der Waals surface area contributed by atoms with E-state index in [2.05, 4.69) is 18.9 Å². The van der Waals surface area contributed by atoms with Gasteiger partial charge in [0.25, 0.3) is 5.91 Å². The van der Waals surface area contributed by atoms with Gasteiger partial charge in [0.2, 0.25) is 0 Å². The summed E-state index contributed by atoms with van der Waals surface area (Å²) in [5.74, 6) is 0.708. The number of hydrazine groups is 1. The van der Waals surface area contributed by atoms with E-state index >= 15 is 0 Å². The number of anilines is 1. The molecule has 0 aromatic heterocycles. The average Bonchev–Trinajstić information content (AvgIpc) is 2.71. The summed E-state index contributed by atoms with van der Waals surface area (Å²) in [6, 6.07) is 7.70. The van der Waals surface area contributed by atoms with E-state index in [1.165, 1.54) is 0 Å². The molecule has 1 aliphatic rings. The Balaban J connectivity index is 2.03. The van der Waals surface area contributed by atoms with Crippen molar-refractivity contribution < 1.29 is 9.53 Å². The third-order valence-corrected chi connectivity index (χ3v) is 2.80. The maximum Gasteiger partial charge on any atom is 0.267 e. The molecule has 4 heteroatoms. The minimum atomic E-state index is -0.118. The van der Waals surface area contributed by atoms with Crippen molar-refractivity contribution in [1.82, 2.24) is 5.43 Å². The first-order valence-corrected chi connectivity index (χ1v) is 6.20. The lowest BCUT2D eigenvalue weighted by Gasteiger charge is -2.17. The van der Waals surface area contributed by atoms with E-state index in [0.29, 0.717) is 12.1 Å². The van der Waals surface area contributed by atoms with Crippen LogP contribution >= 0.6 is 0 Å². The number of ether oxygens (including phenoxy) is 1. The van der Waals surface area contributed by atoms with Crippen molar-refractivity contribution in [3.63, 3.8) is 0 Å². The Morgan fingerprint density at radius 1 is 1.50 bits per heavy atom. The zero-order valence-electron chi connectivity index (χ0n) is 10.6. The summed E-state index contributed by atoms with van der Waals surface area (Å²) in [6.07, 6.45) is 2.16. The van der Waals surface area contributed by atoms with Gasteiger partial charge in [-0.25, -0.2) is 0 Å². The maximum absolute atomic E-state index is 11.4. The molecule has 0 unspecified atom stereocenters. The number of benzene rings is 1. The molecule has 0 saturated carbocycles. The minimum Gasteiger partial charge on any atom is -0.494 e. The fourth-order valence-electron chi connectivity index (χ4n) is 1.74. The van der Waals surface area contributed by atoms with Crippen LogP contribution in [0.25, 0.3) is 0 Å². The number of unbranched alkanes of at least 4 members (excludes halogenated alkanes) is 1. The molecule has 1 aromatic carbocycles. The monoisotopic (exact) mass is 246 g/mol. The van der Waals surface area contributed by atoms with Gasteiger partial charge in [0.15, 0.2) is 0 Å². The average molecular weight is 246 g/mol. The fourth-order valence-corrected chi connectivity index (χ4v) is 1.74. The molecule has 0 atom stereocenters. The van der Waals surface area contributed by atoms with Crippen molar-refractivity contribution >= 4 is 11.6 Å². The quantitative estimate of drug-likeness (QED) is 0.640. The Kier molecular flexibility index (Phi) is 3.87. The molecule has 1 N–H and O–H groups in total. The Labute approximate surface area is 107 Å². The van der Waals surface area contributed by atoms with Crippen LogP contribution < -0.4 is 15.2 Å². The van der Waals surface area contributed by atoms with Gasteiger partial charge in [0.1, 0.15) is 5.75 Å². The molecule has 1 heterocycles. The second-order valence-electron chi connectivity index (χ2n) is 4.33. The lowest BCUT2D eigenvalue weighted by atomic mass is 10.2. The number of nitrogens with zero attached hydrogens (tertiary/aromatic N) is 1. The summed E-state index contributed by atoms with van der Waals surface area (Å²) in [5.41, 5.74) is 4.24. The number of rotatable bonds is 5. The number of hydrogen-bond acceptors (Lipinski definition) is 3. The molecule has 18 heavy (non-hydrogen) atoms. The van der Waals surface area contributed by atoms with Gasteiger partial charge in [-0.1, -0.05) is 26.0 Å². The molecule has 96 valence electrons. The normalized spacial score (nSPS) is 14.8. The van der Waals surface area contributed by atoms with E-state index in [1.807, 2.05) is 24.3 Å². The standard InChI is InChI=1S/C14H18N2O2/c1-3-4-8-18-13-7-5-6-12(9-13)16-10-11(2)14(17)15-16/h5-7,9H,2-4,8,10H2,1H3,(H,15,17). The fraction of sp³-hybridized carbons (Fsp3) is 0.357. The molecule has 0 spiro atoms. The van der Waals surface area contributed by atoms with Gasteiger partial charge in [0, 0.05) is 11.6 Å². The lowest BCUT2D eigenvalue weighted by molar-refractivity contribution is -0.116. The highest BCUT2D eigenvalue weighted by atomic mass is 16.5. The minimum absolute atomic E-state index is 0.118. The molecule has 4 nitrogen and oxygen atoms in total. The van der Waals surface area contributed by atoms with Gasteiger partial charge in [-0.15, -0.1) is 0 Å². The van der Waals surface area contributed by atoms with Gasteiger partial charge < -0.3 is 4.74 Å². The van der Waals surface area contributed by atoms with Crippen molar-refractivity contribution in [2.45, 2.75) is 19.8 Å². The molecule has 0 bridgehead atoms. The van der Waals surface area contributed by atoms with Gasteiger partial charge in [-0.3, -0.25) is 15.2 Å². The van der Waals surface area contributed by atoms with Crippen molar-refractivity contribution in [1.29, 1.82) is 0 Å². The molecule has 1 amide bonds. The van der Waals surface area contributed by atoms with Crippen molar-refractivity contribution in [3.8, 4) is 5.75 Å². The summed E-state index contributed by atoms with van der Waals surface area (Å²) in [4.78, 5) is 11.4. The van der Waals surface area contributed by atoms with Crippen LogP contribution in [0.1, 0.15) is 19.8 Å². The summed E-state index contributed by atoms with van der Waals surface area (Å²) in [7, 11) is 0. The van der Waals surface area contributed by atoms with Gasteiger partial charge in [-0.2, -0.15) is 0 Å². The predicted octanol–water partition coefficient (Wildman–Crippen LogP) is 2.27. The highest BCUT2D eigenvalue weighted by Gasteiger charge is 2.22. The van der Waals surface area contributed by atoms with Gasteiger partial charge in [-0.05, 0) is 18.6 Å². The number of carbonyl (C=O) groups is 1. The number of nitrogens with one attached hydrogen (secondary N) is 1. The van der Waals surface area contributed by atoms with E-state index < -0.39 is 0 Å². The van der Waals surface area contributed by atoms with E-state index in [1.54, 1.807) is 5.01 Å². The van der Waals surface area contributed by atoms with Crippen LogP contribution in [-0.4, -0.2) is 19.1 Å². The molecular formula is C14H18N2O2. The van der Waals surface area contributed by atoms with Crippen molar-refractivity contribution in [2.75, 3.05) is 18.2 Å². The number of carbonyl (C=O) groups excluding carboxylic acids is 1. The largest absolute Gasteiger partial charge is 0.494 e. The van der Waals surface area contributed by atoms with Crippen LogP contribution in [0.15, 0.2) is 36.4 Å². The van der Waals surface area contributed by atoms with E-state index in [9.17, 15) is 4.79 Å². The van der Waals surface area contributed by atoms with Crippen LogP contribution in [-0.2, 0) is 4.79 Å². The Bertz CT molecular complexity index is 441. The molecule has 1 aliphatic heterocycles. The summed E-state index contributed by atoms with van der Waals surface area (Å²) in [5, 5.41) is 1.78. The third kappa shape index (κ3) is 2.83. The highest BCUT2D eigenvalue weighted by Crippen LogP contribution is 2.23. The first-order valence-electron chi connectivity index (χ1n) is 6.20. The molecule has 1 fully saturated rings. The molecular weight excluding hydrogens is 228 g/mol. The highest BCUT2D eigenvalue weighted by molar-refractivity contribution is 5.97. The zero-order valence-corrected chi connectivity index (χ0v) is 10.6. The van der Waals surface area contributed by atoms with Crippen LogP contribution in [0.3, 0.4) is 0 Å². The molecule has 0 radical (unpaired) electrons. The van der Waals surface area contributed by atoms with E-state index in [4.69, 9.17) is 4.74 Å². The Hall–Kier alpha value is -1.97. The first-order chi connectivity index (χ1) is 8.70. The first kappa shape index (κ1) is 12.5. The topological polar surface area (TPSA) is 41.6 Å². The molecule has 1 aromatic rings. The summed E-state index contributed by atoms with van der Waals surface area (Å²) < 4.78 is 5.64. The van der Waals surface area contributed by atoms with Crippen LogP contribution in [0, 0.1) is 0 Å². The van der Waals surface area contributed by atoms with Gasteiger partial charge in [0.05, 0.1) is 18.8 Å². The summed E-state index contributed by atoms with van der Waals surface area (Å²) >= 11 is 0. The second-order valence-corrected chi connectivity index (χ2v) is 4.33. The number of amides is 1. The van der Waals surface area contributed by atoms with Crippen LogP contribution in [0.4, 0.5) is 5.69 Å². The number of hydrogen-bond donors (Lipinski definition) is 1. The van der Waals surface area contributed by atoms with Crippen molar-refractivity contribution in [2.24, 2.45) is 0 Å². The SMILES string of the molecule is C=C1CN(c2cccc(OCCCC)c2)NC1=O. The Morgan fingerprint density at radius 2 is 2.33 bits per heavy atom. The van der Waals surface area contributed by atoms with E-state index in [-0.39, 0.29) is 5.91 Å². The summed E-state index contributed by atoms with van der Waals surface area (Å²) in [6.45, 7) is 7.07. The second kappa shape index (κ2) is 5.58.